The van der Waals surface area contributed by atoms with Crippen LogP contribution >= 0.6 is 0 Å². The van der Waals surface area contributed by atoms with Gasteiger partial charge in [-0.15, -0.1) is 0 Å². The van der Waals surface area contributed by atoms with Crippen LogP contribution in [-0.4, -0.2) is 42.2 Å². The molecule has 2 heterocycles. The van der Waals surface area contributed by atoms with Crippen molar-refractivity contribution < 1.29 is 40.6 Å². The monoisotopic (exact) mass is 462 g/mol. The van der Waals surface area contributed by atoms with Crippen LogP contribution in [0.25, 0.3) is 0 Å². The molecule has 13 heteroatoms. The zero-order valence-corrected chi connectivity index (χ0v) is 16.3. The van der Waals surface area contributed by atoms with Crippen LogP contribution in [0.5, 0.6) is 5.75 Å². The number of alkyl halides is 5. The van der Waals surface area contributed by atoms with Crippen LogP contribution < -0.4 is 15.8 Å². The maximum atomic E-state index is 14.5. The van der Waals surface area contributed by atoms with Gasteiger partial charge >= 0.3 is 12.1 Å². The number of anilines is 1. The lowest BCUT2D eigenvalue weighted by molar-refractivity contribution is -0.153. The highest BCUT2D eigenvalue weighted by Crippen LogP contribution is 2.44. The van der Waals surface area contributed by atoms with Crippen LogP contribution in [0.4, 0.5) is 32.0 Å². The van der Waals surface area contributed by atoms with Gasteiger partial charge in [-0.2, -0.15) is 22.0 Å². The van der Waals surface area contributed by atoms with Crippen molar-refractivity contribution >= 4 is 17.6 Å². The lowest BCUT2D eigenvalue weighted by atomic mass is 9.85. The molecular weight excluding hydrogens is 446 g/mol. The Hall–Kier alpha value is -3.51. The fourth-order valence-corrected chi connectivity index (χ4v) is 2.90. The van der Waals surface area contributed by atoms with E-state index in [2.05, 4.69) is 24.8 Å². The van der Waals surface area contributed by atoms with Gasteiger partial charge in [0.1, 0.15) is 5.82 Å². The minimum Gasteiger partial charge on any atom is -0.482 e. The maximum absolute atomic E-state index is 14.5. The van der Waals surface area contributed by atoms with Gasteiger partial charge in [0.25, 0.3) is 11.9 Å². The summed E-state index contributed by atoms with van der Waals surface area (Å²) in [4.78, 5) is 19.8. The van der Waals surface area contributed by atoms with Crippen LogP contribution in [0.15, 0.2) is 41.5 Å². The Kier molecular flexibility index (Phi) is 5.94. The number of aromatic nitrogens is 1. The first-order valence-corrected chi connectivity index (χ1v) is 8.94. The molecule has 0 bridgehead atoms. The third-order valence-corrected chi connectivity index (χ3v) is 4.57. The molecule has 1 aliphatic rings. The first-order valence-electron chi connectivity index (χ1n) is 8.94. The predicted molar refractivity (Wildman–Crippen MR) is 100 cm³/mol. The van der Waals surface area contributed by atoms with Gasteiger partial charge in [-0.1, -0.05) is 0 Å². The van der Waals surface area contributed by atoms with E-state index < -0.39 is 65.6 Å². The summed E-state index contributed by atoms with van der Waals surface area (Å²) < 4.78 is 90.0. The molecule has 1 aromatic heterocycles. The largest absolute Gasteiger partial charge is 0.482 e. The number of halogens is 6. The predicted octanol–water partition coefficient (Wildman–Crippen LogP) is 3.61. The average Bonchev–Trinajstić information content (AvgIpc) is 2.70. The van der Waals surface area contributed by atoms with Gasteiger partial charge in [0.2, 0.25) is 0 Å². The summed E-state index contributed by atoms with van der Waals surface area (Å²) in [5.41, 5.74) is 1.73. The van der Waals surface area contributed by atoms with E-state index in [0.29, 0.717) is 0 Å². The third kappa shape index (κ3) is 4.70. The topological polar surface area (TPSA) is 98.8 Å². The molecule has 3 N–H and O–H groups in total. The molecule has 1 amide bonds. The third-order valence-electron chi connectivity index (χ3n) is 4.57. The number of amides is 1. The highest BCUT2D eigenvalue weighted by atomic mass is 19.4. The van der Waals surface area contributed by atoms with E-state index in [0.717, 1.165) is 37.4 Å². The summed E-state index contributed by atoms with van der Waals surface area (Å²) in [6, 6.07) is 4.62. The second-order valence-corrected chi connectivity index (χ2v) is 6.92. The van der Waals surface area contributed by atoms with Gasteiger partial charge < -0.3 is 20.5 Å². The molecular formula is C19H16F6N4O3. The Labute approximate surface area is 177 Å². The van der Waals surface area contributed by atoms with Crippen LogP contribution in [0.2, 0.25) is 0 Å². The highest BCUT2D eigenvalue weighted by Gasteiger charge is 2.56. The fraction of sp³-hybridized carbons (Fsp3) is 0.316. The number of nitrogens with two attached hydrogens (primary N) is 1. The first-order chi connectivity index (χ1) is 14.8. The van der Waals surface area contributed by atoms with Gasteiger partial charge in [-0.3, -0.25) is 4.79 Å². The Morgan fingerprint density at radius 1 is 1.31 bits per heavy atom. The summed E-state index contributed by atoms with van der Waals surface area (Å²) in [5.74, 6) is -6.15. The van der Waals surface area contributed by atoms with Gasteiger partial charge in [0.15, 0.2) is 30.2 Å². The molecule has 0 radical (unpaired) electrons. The number of nitrogens with one attached hydrogen (secondary N) is 1. The number of carbonyl (C=O) groups is 1. The quantitative estimate of drug-likeness (QED) is 0.662. The highest BCUT2D eigenvalue weighted by molar-refractivity contribution is 6.04. The summed E-state index contributed by atoms with van der Waals surface area (Å²) in [6.07, 6.45) is -3.51. The molecule has 0 aliphatic carbocycles. The summed E-state index contributed by atoms with van der Waals surface area (Å²) >= 11 is 0. The van der Waals surface area contributed by atoms with Crippen molar-refractivity contribution in [3.63, 3.8) is 0 Å². The standard InChI is InChI=1S/C19H16F6N4O3/c1-17(18(21,22)8-32-16(26)29-17)11-7-10(4-5-12(11)20)28-15(30)14-13(3-2-6-27-14)31-9-19(23,24)25/h2-7H,8-9H2,1H3,(H2,26,29)(H,28,30)/t17-/m1/s1. The fourth-order valence-electron chi connectivity index (χ4n) is 2.90. The number of hydrogen-bond donors (Lipinski definition) is 2. The second kappa shape index (κ2) is 8.20. The van der Waals surface area contributed by atoms with E-state index in [1.165, 1.54) is 6.07 Å². The second-order valence-electron chi connectivity index (χ2n) is 6.92. The number of nitrogens with zero attached hydrogens (tertiary/aromatic N) is 2. The number of rotatable bonds is 5. The zero-order valence-electron chi connectivity index (χ0n) is 16.3. The van der Waals surface area contributed by atoms with E-state index in [9.17, 15) is 31.1 Å². The van der Waals surface area contributed by atoms with Gasteiger partial charge in [-0.05, 0) is 37.3 Å². The average molecular weight is 462 g/mol. The van der Waals surface area contributed by atoms with Crippen LogP contribution in [0.3, 0.4) is 0 Å². The SMILES string of the molecule is C[C@]1(c2cc(NC(=O)c3ncccc3OCC(F)(F)F)ccc2F)N=C(N)OCC1(F)F. The lowest BCUT2D eigenvalue weighted by Crippen LogP contribution is -2.51. The van der Waals surface area contributed by atoms with E-state index in [4.69, 9.17) is 5.73 Å². The van der Waals surface area contributed by atoms with Crippen molar-refractivity contribution in [3.8, 4) is 5.75 Å². The molecule has 3 rings (SSSR count). The Morgan fingerprint density at radius 3 is 2.72 bits per heavy atom. The van der Waals surface area contributed by atoms with E-state index in [-0.39, 0.29) is 5.69 Å². The number of aliphatic imine (C=N–C) groups is 1. The van der Waals surface area contributed by atoms with Crippen molar-refractivity contribution in [1.29, 1.82) is 0 Å². The van der Waals surface area contributed by atoms with Crippen molar-refractivity contribution in [1.82, 2.24) is 4.98 Å². The minimum absolute atomic E-state index is 0.142. The van der Waals surface area contributed by atoms with Crippen molar-refractivity contribution in [2.45, 2.75) is 24.6 Å². The number of benzene rings is 1. The Bertz CT molecular complexity index is 1060. The van der Waals surface area contributed by atoms with E-state index in [1.54, 1.807) is 0 Å². The smallest absolute Gasteiger partial charge is 0.422 e. The number of amidine groups is 1. The van der Waals surface area contributed by atoms with Gasteiger partial charge in [-0.25, -0.2) is 14.4 Å². The van der Waals surface area contributed by atoms with Crippen molar-refractivity contribution in [2.75, 3.05) is 18.5 Å². The number of ether oxygens (including phenoxy) is 2. The molecule has 1 aromatic carbocycles. The van der Waals surface area contributed by atoms with E-state index in [1.807, 2.05) is 0 Å². The van der Waals surface area contributed by atoms with Crippen LogP contribution in [0.1, 0.15) is 23.0 Å². The molecule has 172 valence electrons. The summed E-state index contributed by atoms with van der Waals surface area (Å²) in [5, 5.41) is 2.27. The van der Waals surface area contributed by atoms with Crippen molar-refractivity contribution in [2.24, 2.45) is 10.7 Å². The summed E-state index contributed by atoms with van der Waals surface area (Å²) in [6.45, 7) is -1.84. The molecule has 0 saturated heterocycles. The zero-order chi connectivity index (χ0) is 23.7. The molecule has 7 nitrogen and oxygen atoms in total. The van der Waals surface area contributed by atoms with Crippen molar-refractivity contribution in [3.05, 3.63) is 53.6 Å². The minimum atomic E-state index is -4.65. The number of hydrogen-bond acceptors (Lipinski definition) is 6. The van der Waals surface area contributed by atoms with E-state index >= 15 is 0 Å². The maximum Gasteiger partial charge on any atom is 0.422 e. The molecule has 1 aliphatic heterocycles. The molecule has 1 atom stereocenters. The number of carbonyl (C=O) groups excluding carboxylic acids is 1. The first kappa shape index (κ1) is 23.2. The molecule has 0 saturated carbocycles. The van der Waals surface area contributed by atoms with Crippen LogP contribution in [0, 0.1) is 5.82 Å². The lowest BCUT2D eigenvalue weighted by Gasteiger charge is -2.37. The molecule has 0 fully saturated rings. The molecule has 0 spiro atoms. The normalized spacial score (nSPS) is 20.2. The van der Waals surface area contributed by atoms with Gasteiger partial charge in [0.05, 0.1) is 0 Å². The Morgan fingerprint density at radius 2 is 2.03 bits per heavy atom. The Balaban J connectivity index is 1.91. The molecule has 32 heavy (non-hydrogen) atoms. The molecule has 0 unspecified atom stereocenters. The van der Waals surface area contributed by atoms with Crippen LogP contribution in [-0.2, 0) is 10.3 Å². The van der Waals surface area contributed by atoms with Gasteiger partial charge in [0, 0.05) is 17.4 Å². The summed E-state index contributed by atoms with van der Waals surface area (Å²) in [7, 11) is 0. The number of pyridine rings is 1. The molecule has 2 aromatic rings.